The molecule has 0 amide bonds. The van der Waals surface area contributed by atoms with Crippen LogP contribution in [-0.2, 0) is 15.3 Å². The van der Waals surface area contributed by atoms with Crippen molar-refractivity contribution in [2.24, 2.45) is 0 Å². The maximum absolute atomic E-state index is 5.54. The summed E-state index contributed by atoms with van der Waals surface area (Å²) < 4.78 is 11.1. The van der Waals surface area contributed by atoms with Crippen LogP contribution in [0.2, 0.25) is 0 Å². The van der Waals surface area contributed by atoms with E-state index in [1.807, 2.05) is 6.07 Å². The third kappa shape index (κ3) is 2.06. The van der Waals surface area contributed by atoms with Gasteiger partial charge in [-0.2, -0.15) is 0 Å². The van der Waals surface area contributed by atoms with E-state index in [1.54, 1.807) is 14.2 Å². The number of rotatable bonds is 4. The quantitative estimate of drug-likeness (QED) is 0.708. The summed E-state index contributed by atoms with van der Waals surface area (Å²) in [5.74, 6) is -0.601. The smallest absolute Gasteiger partial charge is 0.194 e. The van der Waals surface area contributed by atoms with E-state index in [-0.39, 0.29) is 0 Å². The van der Waals surface area contributed by atoms with Crippen molar-refractivity contribution in [1.82, 2.24) is 0 Å². The molecule has 0 atom stereocenters. The highest BCUT2D eigenvalue weighted by molar-refractivity contribution is 5.36. The van der Waals surface area contributed by atoms with Gasteiger partial charge in [0.25, 0.3) is 0 Å². The van der Waals surface area contributed by atoms with E-state index in [2.05, 4.69) is 32.9 Å². The topological polar surface area (TPSA) is 18.5 Å². The number of hydrogen-bond acceptors (Lipinski definition) is 2. The normalized spacial score (nSPS) is 11.8. The Morgan fingerprint density at radius 2 is 1.73 bits per heavy atom. The zero-order valence-electron chi connectivity index (χ0n) is 10.3. The van der Waals surface area contributed by atoms with Crippen molar-refractivity contribution in [2.45, 2.75) is 33.0 Å². The van der Waals surface area contributed by atoms with Crippen molar-refractivity contribution in [3.05, 3.63) is 34.9 Å². The van der Waals surface area contributed by atoms with Crippen LogP contribution in [0.5, 0.6) is 0 Å². The Labute approximate surface area is 92.2 Å². The van der Waals surface area contributed by atoms with Crippen molar-refractivity contribution >= 4 is 0 Å². The van der Waals surface area contributed by atoms with Crippen LogP contribution in [-0.4, -0.2) is 14.2 Å². The van der Waals surface area contributed by atoms with Crippen molar-refractivity contribution < 1.29 is 9.47 Å². The molecule has 2 nitrogen and oxygen atoms in total. The van der Waals surface area contributed by atoms with Crippen molar-refractivity contribution in [3.63, 3.8) is 0 Å². The largest absolute Gasteiger partial charge is 0.349 e. The Balaban J connectivity index is 3.28. The van der Waals surface area contributed by atoms with Crippen LogP contribution < -0.4 is 0 Å². The van der Waals surface area contributed by atoms with Crippen molar-refractivity contribution in [3.8, 4) is 0 Å². The van der Waals surface area contributed by atoms with Crippen LogP contribution in [0.25, 0.3) is 0 Å². The van der Waals surface area contributed by atoms with Gasteiger partial charge in [0.05, 0.1) is 0 Å². The Hall–Kier alpha value is -0.860. The van der Waals surface area contributed by atoms with E-state index in [4.69, 9.17) is 9.47 Å². The molecule has 0 spiro atoms. The molecule has 1 aromatic rings. The van der Waals surface area contributed by atoms with Gasteiger partial charge in [0.1, 0.15) is 0 Å². The molecule has 2 heteroatoms. The van der Waals surface area contributed by atoms with Gasteiger partial charge in [-0.05, 0) is 25.0 Å². The lowest BCUT2D eigenvalue weighted by Crippen LogP contribution is -2.31. The minimum Gasteiger partial charge on any atom is -0.349 e. The number of hydrogen-bond donors (Lipinski definition) is 0. The molecule has 0 saturated heterocycles. The monoisotopic (exact) mass is 208 g/mol. The third-order valence-electron chi connectivity index (χ3n) is 3.14. The second-order valence-electron chi connectivity index (χ2n) is 3.76. The van der Waals surface area contributed by atoms with Gasteiger partial charge >= 0.3 is 0 Å². The summed E-state index contributed by atoms with van der Waals surface area (Å²) >= 11 is 0. The zero-order valence-corrected chi connectivity index (χ0v) is 10.3. The molecule has 0 unspecified atom stereocenters. The first kappa shape index (κ1) is 12.2. The maximum atomic E-state index is 5.54. The maximum Gasteiger partial charge on any atom is 0.194 e. The average molecular weight is 208 g/mol. The van der Waals surface area contributed by atoms with E-state index in [0.717, 1.165) is 12.0 Å². The summed E-state index contributed by atoms with van der Waals surface area (Å²) in [5, 5.41) is 0. The summed E-state index contributed by atoms with van der Waals surface area (Å²) in [5.41, 5.74) is 3.62. The summed E-state index contributed by atoms with van der Waals surface area (Å²) in [7, 11) is 3.38. The van der Waals surface area contributed by atoms with Crippen molar-refractivity contribution in [2.75, 3.05) is 14.2 Å². The van der Waals surface area contributed by atoms with Gasteiger partial charge in [0, 0.05) is 26.2 Å². The van der Waals surface area contributed by atoms with Gasteiger partial charge in [-0.3, -0.25) is 0 Å². The Bertz CT molecular complexity index is 319. The molecule has 0 N–H and O–H groups in total. The summed E-state index contributed by atoms with van der Waals surface area (Å²) in [6.45, 7) is 6.27. The molecular formula is C13H20O2. The summed E-state index contributed by atoms with van der Waals surface area (Å²) in [4.78, 5) is 0. The van der Waals surface area contributed by atoms with Crippen LogP contribution in [0.3, 0.4) is 0 Å². The Morgan fingerprint density at radius 3 is 2.20 bits per heavy atom. The van der Waals surface area contributed by atoms with Gasteiger partial charge in [0.15, 0.2) is 5.79 Å². The number of methoxy groups -OCH3 is 2. The molecule has 1 aromatic carbocycles. The molecule has 15 heavy (non-hydrogen) atoms. The highest BCUT2D eigenvalue weighted by atomic mass is 16.7. The van der Waals surface area contributed by atoms with Crippen LogP contribution in [0.1, 0.15) is 30.0 Å². The summed E-state index contributed by atoms with van der Waals surface area (Å²) in [6, 6.07) is 6.21. The van der Waals surface area contributed by atoms with Crippen molar-refractivity contribution in [1.29, 1.82) is 0 Å². The van der Waals surface area contributed by atoms with Crippen LogP contribution in [0.4, 0.5) is 0 Å². The van der Waals surface area contributed by atoms with E-state index < -0.39 is 5.79 Å². The Kier molecular flexibility index (Phi) is 3.89. The van der Waals surface area contributed by atoms with Crippen LogP contribution in [0, 0.1) is 13.8 Å². The second-order valence-corrected chi connectivity index (χ2v) is 3.76. The lowest BCUT2D eigenvalue weighted by atomic mass is 9.95. The van der Waals surface area contributed by atoms with E-state index in [9.17, 15) is 0 Å². The fourth-order valence-electron chi connectivity index (χ4n) is 1.95. The first-order valence-corrected chi connectivity index (χ1v) is 5.28. The lowest BCUT2D eigenvalue weighted by molar-refractivity contribution is -0.217. The predicted octanol–water partition coefficient (Wildman–Crippen LogP) is 3.16. The molecule has 0 bridgehead atoms. The molecule has 0 heterocycles. The molecule has 0 saturated carbocycles. The lowest BCUT2D eigenvalue weighted by Gasteiger charge is -2.32. The standard InChI is InChI=1S/C13H20O2/c1-6-13(14-4,15-5)12-9-7-8-10(2)11(12)3/h7-9H,6H2,1-5H3. The van der Waals surface area contributed by atoms with E-state index >= 15 is 0 Å². The molecular weight excluding hydrogens is 188 g/mol. The molecule has 0 aliphatic carbocycles. The van der Waals surface area contributed by atoms with E-state index in [0.29, 0.717) is 0 Å². The molecule has 84 valence electrons. The highest BCUT2D eigenvalue weighted by Gasteiger charge is 2.31. The van der Waals surface area contributed by atoms with Gasteiger partial charge in [-0.25, -0.2) is 0 Å². The summed E-state index contributed by atoms with van der Waals surface area (Å²) in [6.07, 6.45) is 0.796. The number of aryl methyl sites for hydroxylation is 1. The zero-order chi connectivity index (χ0) is 11.5. The minimum atomic E-state index is -0.601. The molecule has 0 aliphatic rings. The van der Waals surface area contributed by atoms with Crippen LogP contribution in [0.15, 0.2) is 18.2 Å². The van der Waals surface area contributed by atoms with Gasteiger partial charge < -0.3 is 9.47 Å². The highest BCUT2D eigenvalue weighted by Crippen LogP contribution is 2.32. The third-order valence-corrected chi connectivity index (χ3v) is 3.14. The fourth-order valence-corrected chi connectivity index (χ4v) is 1.95. The molecule has 0 fully saturated rings. The van der Waals surface area contributed by atoms with Gasteiger partial charge in [-0.1, -0.05) is 25.1 Å². The number of benzene rings is 1. The average Bonchev–Trinajstić information content (AvgIpc) is 2.27. The second kappa shape index (κ2) is 4.77. The van der Waals surface area contributed by atoms with Gasteiger partial charge in [0.2, 0.25) is 0 Å². The SMILES string of the molecule is CCC(OC)(OC)c1cccc(C)c1C. The number of ether oxygens (including phenoxy) is 2. The molecule has 1 rings (SSSR count). The fraction of sp³-hybridized carbons (Fsp3) is 0.538. The minimum absolute atomic E-state index is 0.601. The van der Waals surface area contributed by atoms with E-state index in [1.165, 1.54) is 11.1 Å². The van der Waals surface area contributed by atoms with Gasteiger partial charge in [-0.15, -0.1) is 0 Å². The predicted molar refractivity (Wildman–Crippen MR) is 61.9 cm³/mol. The molecule has 0 aromatic heterocycles. The molecule has 0 radical (unpaired) electrons. The first-order chi connectivity index (χ1) is 7.11. The first-order valence-electron chi connectivity index (χ1n) is 5.28. The Morgan fingerprint density at radius 1 is 1.13 bits per heavy atom. The molecule has 0 aliphatic heterocycles. The van der Waals surface area contributed by atoms with Crippen LogP contribution >= 0.6 is 0 Å².